The minimum Gasteiger partial charge on any atom is -0.356 e. The Morgan fingerprint density at radius 2 is 1.05 bits per heavy atom. The van der Waals surface area contributed by atoms with Crippen LogP contribution in [0.4, 0.5) is 11.4 Å². The van der Waals surface area contributed by atoms with E-state index >= 15 is 0 Å². The summed E-state index contributed by atoms with van der Waals surface area (Å²) in [5, 5.41) is 9.10. The van der Waals surface area contributed by atoms with E-state index in [2.05, 4.69) is 134 Å². The standard InChI is InChI=1S/C32H25B4N/c33-28-27(22-11-3-7-17-6-1-2-10-20(17)22)29(34)31(36)32(30(28)35)37-19-14-15-21-23-12-4-8-18-9-5-13-24(26(18)23)25(21)16-19/h1-16,37H,33-36H2. The molecule has 0 fully saturated rings. The van der Waals surface area contributed by atoms with E-state index < -0.39 is 0 Å². The van der Waals surface area contributed by atoms with Gasteiger partial charge in [0.2, 0.25) is 0 Å². The van der Waals surface area contributed by atoms with Gasteiger partial charge in [-0.25, -0.2) is 0 Å². The molecule has 37 heavy (non-hydrogen) atoms. The summed E-state index contributed by atoms with van der Waals surface area (Å²) in [6, 6.07) is 35.4. The number of fused-ring (bicyclic) bond motifs is 4. The molecule has 0 atom stereocenters. The van der Waals surface area contributed by atoms with Gasteiger partial charge in [0.1, 0.15) is 31.4 Å². The zero-order chi connectivity index (χ0) is 25.3. The first-order chi connectivity index (χ1) is 18.0. The predicted molar refractivity (Wildman–Crippen MR) is 174 cm³/mol. The van der Waals surface area contributed by atoms with Crippen molar-refractivity contribution in [3.05, 3.63) is 97.1 Å². The zero-order valence-corrected chi connectivity index (χ0v) is 21.7. The highest BCUT2D eigenvalue weighted by molar-refractivity contribution is 6.63. The second kappa shape index (κ2) is 8.21. The minimum atomic E-state index is 1.13. The highest BCUT2D eigenvalue weighted by Gasteiger charge is 2.22. The van der Waals surface area contributed by atoms with Gasteiger partial charge in [-0.15, -0.1) is 0 Å². The average molecular weight is 467 g/mol. The third-order valence-corrected chi connectivity index (χ3v) is 8.46. The Kier molecular flexibility index (Phi) is 4.91. The molecule has 0 unspecified atom stereocenters. The molecule has 1 aliphatic carbocycles. The molecular formula is C32H25B4N. The van der Waals surface area contributed by atoms with Crippen LogP contribution in [0.1, 0.15) is 0 Å². The fourth-order valence-corrected chi connectivity index (χ4v) is 6.36. The van der Waals surface area contributed by atoms with Crippen LogP contribution in [0.2, 0.25) is 0 Å². The Balaban J connectivity index is 1.35. The van der Waals surface area contributed by atoms with E-state index in [4.69, 9.17) is 0 Å². The van der Waals surface area contributed by atoms with Gasteiger partial charge < -0.3 is 5.32 Å². The van der Waals surface area contributed by atoms with Crippen LogP contribution in [0.5, 0.6) is 0 Å². The Hall–Kier alpha value is -4.10. The molecule has 170 valence electrons. The Morgan fingerprint density at radius 3 is 1.78 bits per heavy atom. The number of benzene rings is 6. The molecule has 0 heterocycles. The fraction of sp³-hybridized carbons (Fsp3) is 0. The number of hydrogen-bond acceptors (Lipinski definition) is 1. The Morgan fingerprint density at radius 1 is 0.459 bits per heavy atom. The van der Waals surface area contributed by atoms with E-state index in [0.717, 1.165) is 5.69 Å². The molecule has 1 N–H and O–H groups in total. The van der Waals surface area contributed by atoms with Crippen molar-refractivity contribution in [3.8, 4) is 33.4 Å². The van der Waals surface area contributed by atoms with Crippen LogP contribution in [0.15, 0.2) is 97.1 Å². The van der Waals surface area contributed by atoms with Crippen LogP contribution in [0.25, 0.3) is 54.9 Å². The monoisotopic (exact) mass is 467 g/mol. The van der Waals surface area contributed by atoms with Crippen molar-refractivity contribution in [1.82, 2.24) is 0 Å². The SMILES string of the molecule is Bc1c(B)c(-c2cccc3ccccc23)c(B)c(B)c1Nc1ccc2c(c1)-c1cccc3cccc-2c13. The molecule has 0 radical (unpaired) electrons. The van der Waals surface area contributed by atoms with Crippen LogP contribution < -0.4 is 27.2 Å². The zero-order valence-electron chi connectivity index (χ0n) is 21.7. The van der Waals surface area contributed by atoms with Crippen LogP contribution in [-0.2, 0) is 0 Å². The maximum atomic E-state index is 3.83. The van der Waals surface area contributed by atoms with Gasteiger partial charge in [-0.1, -0.05) is 107 Å². The number of hydrogen-bond donors (Lipinski definition) is 1. The topological polar surface area (TPSA) is 12.0 Å². The number of nitrogens with one attached hydrogen (secondary N) is 1. The van der Waals surface area contributed by atoms with Gasteiger partial charge in [0.15, 0.2) is 0 Å². The predicted octanol–water partition coefficient (Wildman–Crippen LogP) is 2.08. The smallest absolute Gasteiger partial charge is 0.141 e. The van der Waals surface area contributed by atoms with Crippen LogP contribution >= 0.6 is 0 Å². The first-order valence-corrected chi connectivity index (χ1v) is 13.0. The van der Waals surface area contributed by atoms with Gasteiger partial charge in [-0.05, 0) is 67.1 Å². The maximum Gasteiger partial charge on any atom is 0.141 e. The molecule has 1 nitrogen and oxygen atoms in total. The lowest BCUT2D eigenvalue weighted by molar-refractivity contribution is 1.60. The number of rotatable bonds is 3. The molecule has 0 bridgehead atoms. The number of anilines is 2. The molecule has 0 aromatic heterocycles. The maximum absolute atomic E-state index is 3.83. The van der Waals surface area contributed by atoms with Gasteiger partial charge in [0.05, 0.1) is 0 Å². The summed E-state index contributed by atoms with van der Waals surface area (Å²) in [5.74, 6) is 0. The fourth-order valence-electron chi connectivity index (χ4n) is 6.36. The van der Waals surface area contributed by atoms with Crippen molar-refractivity contribution in [2.24, 2.45) is 0 Å². The van der Waals surface area contributed by atoms with E-state index in [1.165, 1.54) is 82.5 Å². The summed E-state index contributed by atoms with van der Waals surface area (Å²) in [7, 11) is 9.04. The van der Waals surface area contributed by atoms with Gasteiger partial charge in [0, 0.05) is 11.4 Å². The lowest BCUT2D eigenvalue weighted by Gasteiger charge is -2.24. The summed E-state index contributed by atoms with van der Waals surface area (Å²) in [4.78, 5) is 0. The van der Waals surface area contributed by atoms with E-state index in [-0.39, 0.29) is 0 Å². The highest BCUT2D eigenvalue weighted by Crippen LogP contribution is 2.47. The summed E-state index contributed by atoms with van der Waals surface area (Å²) < 4.78 is 0. The normalized spacial score (nSPS) is 11.7. The second-order valence-corrected chi connectivity index (χ2v) is 10.4. The van der Waals surface area contributed by atoms with E-state index in [1.807, 2.05) is 0 Å². The van der Waals surface area contributed by atoms with Crippen molar-refractivity contribution in [1.29, 1.82) is 0 Å². The lowest BCUT2D eigenvalue weighted by Crippen LogP contribution is -2.44. The third kappa shape index (κ3) is 3.23. The molecule has 0 amide bonds. The second-order valence-electron chi connectivity index (χ2n) is 10.4. The first-order valence-electron chi connectivity index (χ1n) is 13.0. The van der Waals surface area contributed by atoms with Crippen LogP contribution in [0, 0.1) is 0 Å². The summed E-state index contributed by atoms with van der Waals surface area (Å²) in [6.07, 6.45) is 0. The van der Waals surface area contributed by atoms with Crippen molar-refractivity contribution < 1.29 is 0 Å². The quantitative estimate of drug-likeness (QED) is 0.393. The minimum absolute atomic E-state index is 1.13. The average Bonchev–Trinajstić information content (AvgIpc) is 3.25. The molecule has 0 saturated carbocycles. The molecule has 6 aromatic carbocycles. The molecule has 6 aromatic rings. The summed E-state index contributed by atoms with van der Waals surface area (Å²) in [5.41, 5.74) is 15.6. The summed E-state index contributed by atoms with van der Waals surface area (Å²) in [6.45, 7) is 0. The molecule has 0 spiro atoms. The highest BCUT2D eigenvalue weighted by atomic mass is 14.9. The van der Waals surface area contributed by atoms with Crippen LogP contribution in [0.3, 0.4) is 0 Å². The third-order valence-electron chi connectivity index (χ3n) is 8.46. The van der Waals surface area contributed by atoms with Crippen LogP contribution in [-0.4, -0.2) is 31.4 Å². The molecule has 5 heteroatoms. The van der Waals surface area contributed by atoms with E-state index in [0.29, 0.717) is 0 Å². The lowest BCUT2D eigenvalue weighted by atomic mass is 9.64. The van der Waals surface area contributed by atoms with E-state index in [1.54, 1.807) is 0 Å². The first kappa shape index (κ1) is 22.1. The van der Waals surface area contributed by atoms with Crippen molar-refractivity contribution in [2.75, 3.05) is 5.32 Å². The van der Waals surface area contributed by atoms with E-state index in [9.17, 15) is 0 Å². The molecule has 0 saturated heterocycles. The van der Waals surface area contributed by atoms with Gasteiger partial charge >= 0.3 is 0 Å². The van der Waals surface area contributed by atoms with Gasteiger partial charge in [0.25, 0.3) is 0 Å². The molecule has 0 aliphatic heterocycles. The Labute approximate surface area is 221 Å². The van der Waals surface area contributed by atoms with Gasteiger partial charge in [-0.2, -0.15) is 0 Å². The van der Waals surface area contributed by atoms with Crippen molar-refractivity contribution in [3.63, 3.8) is 0 Å². The molecule has 1 aliphatic rings. The Bertz CT molecular complexity index is 1870. The van der Waals surface area contributed by atoms with Gasteiger partial charge in [-0.3, -0.25) is 0 Å². The largest absolute Gasteiger partial charge is 0.356 e. The van der Waals surface area contributed by atoms with Crippen molar-refractivity contribution >= 4 is 86.2 Å². The molecule has 7 rings (SSSR count). The molecular weight excluding hydrogens is 442 g/mol. The summed E-state index contributed by atoms with van der Waals surface area (Å²) >= 11 is 0. The van der Waals surface area contributed by atoms with Crippen molar-refractivity contribution in [2.45, 2.75) is 0 Å².